The molecule has 0 fully saturated rings. The van der Waals surface area contributed by atoms with Gasteiger partial charge in [-0.2, -0.15) is 0 Å². The van der Waals surface area contributed by atoms with E-state index in [1.165, 1.54) is 18.2 Å². The average molecular weight is 328 g/mol. The molecule has 2 rings (SSSR count). The number of anilines is 1. The molecule has 3 N–H and O–H groups in total. The molecule has 0 saturated carbocycles. The first-order chi connectivity index (χ1) is 9.88. The van der Waals surface area contributed by atoms with E-state index in [1.807, 2.05) is 0 Å². The van der Waals surface area contributed by atoms with E-state index < -0.39 is 17.6 Å². The number of carbonyl (C=O) groups excluding carboxylic acids is 2. The Kier molecular flexibility index (Phi) is 4.40. The number of benzene rings is 1. The Morgan fingerprint density at radius 2 is 1.95 bits per heavy atom. The normalized spacial score (nSPS) is 10.2. The number of amides is 2. The molecule has 0 spiro atoms. The maximum absolute atomic E-state index is 13.1. The Balaban J connectivity index is 2.33. The summed E-state index contributed by atoms with van der Waals surface area (Å²) in [6, 6.07) is 5.07. The second-order valence-corrected chi connectivity index (χ2v) is 4.77. The zero-order chi connectivity index (χ0) is 15.6. The summed E-state index contributed by atoms with van der Waals surface area (Å²) in [7, 11) is 0. The van der Waals surface area contributed by atoms with Crippen molar-refractivity contribution in [2.75, 3.05) is 5.32 Å². The third-order valence-corrected chi connectivity index (χ3v) is 3.18. The smallest absolute Gasteiger partial charge is 0.258 e. The largest absolute Gasteiger partial charge is 0.366 e. The van der Waals surface area contributed by atoms with E-state index in [1.54, 1.807) is 0 Å². The molecule has 1 aromatic carbocycles. The number of halogens is 3. The minimum Gasteiger partial charge on any atom is -0.366 e. The van der Waals surface area contributed by atoms with Gasteiger partial charge in [0.2, 0.25) is 5.91 Å². The number of pyridine rings is 1. The summed E-state index contributed by atoms with van der Waals surface area (Å²) < 4.78 is 13.1. The Morgan fingerprint density at radius 1 is 1.24 bits per heavy atom. The molecule has 0 unspecified atom stereocenters. The molecule has 0 bridgehead atoms. The van der Waals surface area contributed by atoms with Crippen LogP contribution in [0, 0.1) is 5.82 Å². The molecule has 5 nitrogen and oxygen atoms in total. The fourth-order valence-electron chi connectivity index (χ4n) is 1.55. The van der Waals surface area contributed by atoms with Crippen molar-refractivity contribution in [3.63, 3.8) is 0 Å². The third-order valence-electron chi connectivity index (χ3n) is 2.55. The number of hydrogen-bond acceptors (Lipinski definition) is 3. The maximum atomic E-state index is 13.1. The minimum atomic E-state index is -0.712. The Labute approximate surface area is 128 Å². The van der Waals surface area contributed by atoms with Gasteiger partial charge >= 0.3 is 0 Å². The summed E-state index contributed by atoms with van der Waals surface area (Å²) in [4.78, 5) is 26.7. The molecular weight excluding hydrogens is 320 g/mol. The van der Waals surface area contributed by atoms with Gasteiger partial charge in [0, 0.05) is 5.56 Å². The van der Waals surface area contributed by atoms with E-state index in [2.05, 4.69) is 10.3 Å². The van der Waals surface area contributed by atoms with Gasteiger partial charge in [0.25, 0.3) is 5.91 Å². The predicted octanol–water partition coefficient (Wildman–Crippen LogP) is 2.88. The predicted molar refractivity (Wildman–Crippen MR) is 77.1 cm³/mol. The van der Waals surface area contributed by atoms with Crippen LogP contribution in [0.2, 0.25) is 10.2 Å². The summed E-state index contributed by atoms with van der Waals surface area (Å²) in [6.45, 7) is 0. The van der Waals surface area contributed by atoms with Crippen LogP contribution in [0.4, 0.5) is 10.1 Å². The summed E-state index contributed by atoms with van der Waals surface area (Å²) in [6.07, 6.45) is 0.889. The molecule has 0 atom stereocenters. The zero-order valence-corrected chi connectivity index (χ0v) is 11.9. The van der Waals surface area contributed by atoms with Gasteiger partial charge < -0.3 is 11.1 Å². The molecule has 0 aliphatic heterocycles. The van der Waals surface area contributed by atoms with E-state index in [0.717, 1.165) is 12.3 Å². The highest BCUT2D eigenvalue weighted by atomic mass is 35.5. The number of nitrogens with one attached hydrogen (secondary N) is 1. The summed E-state index contributed by atoms with van der Waals surface area (Å²) in [5, 5.41) is 2.45. The number of hydrogen-bond donors (Lipinski definition) is 2. The van der Waals surface area contributed by atoms with Crippen LogP contribution in [-0.4, -0.2) is 16.8 Å². The van der Waals surface area contributed by atoms with E-state index in [0.29, 0.717) is 0 Å². The topological polar surface area (TPSA) is 85.1 Å². The number of aromatic nitrogens is 1. The SMILES string of the molecule is NC(=O)c1ccc(Cl)c(NC(=O)c2cc(F)cnc2Cl)c1. The standard InChI is InChI=1S/C13H8Cl2FN3O2/c14-9-2-1-6(12(17)20)3-10(9)19-13(21)8-4-7(16)5-18-11(8)15/h1-5H,(H2,17,20)(H,19,21). The molecule has 0 aliphatic rings. The van der Waals surface area contributed by atoms with Crippen LogP contribution in [0.15, 0.2) is 30.5 Å². The van der Waals surface area contributed by atoms with Crippen molar-refractivity contribution in [1.82, 2.24) is 4.98 Å². The third kappa shape index (κ3) is 3.48. The quantitative estimate of drug-likeness (QED) is 0.850. The lowest BCUT2D eigenvalue weighted by molar-refractivity contribution is 0.0996. The Morgan fingerprint density at radius 3 is 2.62 bits per heavy atom. The van der Waals surface area contributed by atoms with Crippen molar-refractivity contribution in [2.24, 2.45) is 5.73 Å². The highest BCUT2D eigenvalue weighted by Gasteiger charge is 2.15. The van der Waals surface area contributed by atoms with Crippen molar-refractivity contribution >= 4 is 40.7 Å². The van der Waals surface area contributed by atoms with Gasteiger partial charge in [0.1, 0.15) is 11.0 Å². The first kappa shape index (κ1) is 15.2. The second kappa shape index (κ2) is 6.07. The first-order valence-electron chi connectivity index (χ1n) is 5.60. The van der Waals surface area contributed by atoms with Gasteiger partial charge in [-0.05, 0) is 24.3 Å². The number of nitrogens with two attached hydrogens (primary N) is 1. The van der Waals surface area contributed by atoms with Crippen molar-refractivity contribution in [2.45, 2.75) is 0 Å². The first-order valence-corrected chi connectivity index (χ1v) is 6.36. The van der Waals surface area contributed by atoms with Crippen LogP contribution >= 0.6 is 23.2 Å². The molecule has 2 amide bonds. The lowest BCUT2D eigenvalue weighted by Gasteiger charge is -2.09. The summed E-state index contributed by atoms with van der Waals surface area (Å²) in [5.74, 6) is -2.09. The zero-order valence-electron chi connectivity index (χ0n) is 10.4. The van der Waals surface area contributed by atoms with Crippen LogP contribution < -0.4 is 11.1 Å². The minimum absolute atomic E-state index is 0.151. The average Bonchev–Trinajstić information content (AvgIpc) is 2.43. The van der Waals surface area contributed by atoms with E-state index in [-0.39, 0.29) is 27.0 Å². The van der Waals surface area contributed by atoms with Crippen molar-refractivity contribution < 1.29 is 14.0 Å². The lowest BCUT2D eigenvalue weighted by atomic mass is 10.2. The van der Waals surface area contributed by atoms with Crippen molar-refractivity contribution in [1.29, 1.82) is 0 Å². The lowest BCUT2D eigenvalue weighted by Crippen LogP contribution is -2.15. The molecule has 2 aromatic rings. The van der Waals surface area contributed by atoms with Gasteiger partial charge in [0.15, 0.2) is 0 Å². The van der Waals surface area contributed by atoms with E-state index in [9.17, 15) is 14.0 Å². The van der Waals surface area contributed by atoms with Crippen LogP contribution in [0.3, 0.4) is 0 Å². The molecule has 21 heavy (non-hydrogen) atoms. The summed E-state index contributed by atoms with van der Waals surface area (Å²) >= 11 is 11.6. The summed E-state index contributed by atoms with van der Waals surface area (Å²) in [5.41, 5.74) is 5.30. The number of primary amides is 1. The highest BCUT2D eigenvalue weighted by Crippen LogP contribution is 2.24. The van der Waals surface area contributed by atoms with Crippen LogP contribution in [0.25, 0.3) is 0 Å². The molecule has 1 aromatic heterocycles. The monoisotopic (exact) mass is 327 g/mol. The molecule has 108 valence electrons. The molecular formula is C13H8Cl2FN3O2. The Bertz CT molecular complexity index is 737. The molecule has 1 heterocycles. The molecule has 8 heteroatoms. The van der Waals surface area contributed by atoms with E-state index >= 15 is 0 Å². The molecule has 0 aliphatic carbocycles. The maximum Gasteiger partial charge on any atom is 0.258 e. The van der Waals surface area contributed by atoms with Crippen molar-refractivity contribution in [3.8, 4) is 0 Å². The van der Waals surface area contributed by atoms with Crippen LogP contribution in [0.1, 0.15) is 20.7 Å². The molecule has 0 saturated heterocycles. The number of rotatable bonds is 3. The molecule has 0 radical (unpaired) electrons. The Hall–Kier alpha value is -2.18. The van der Waals surface area contributed by atoms with Crippen LogP contribution in [0.5, 0.6) is 0 Å². The fourth-order valence-corrected chi connectivity index (χ4v) is 1.90. The van der Waals surface area contributed by atoms with Gasteiger partial charge in [0.05, 0.1) is 22.5 Å². The van der Waals surface area contributed by atoms with Gasteiger partial charge in [-0.3, -0.25) is 9.59 Å². The number of nitrogens with zero attached hydrogens (tertiary/aromatic N) is 1. The highest BCUT2D eigenvalue weighted by molar-refractivity contribution is 6.35. The number of carbonyl (C=O) groups is 2. The van der Waals surface area contributed by atoms with Crippen LogP contribution in [-0.2, 0) is 0 Å². The van der Waals surface area contributed by atoms with E-state index in [4.69, 9.17) is 28.9 Å². The van der Waals surface area contributed by atoms with Gasteiger partial charge in [-0.1, -0.05) is 23.2 Å². The van der Waals surface area contributed by atoms with Crippen molar-refractivity contribution in [3.05, 3.63) is 57.6 Å². The van der Waals surface area contributed by atoms with Gasteiger partial charge in [-0.15, -0.1) is 0 Å². The van der Waals surface area contributed by atoms with Gasteiger partial charge in [-0.25, -0.2) is 9.37 Å². The fraction of sp³-hybridized carbons (Fsp3) is 0. The second-order valence-electron chi connectivity index (χ2n) is 4.00.